The second-order valence-electron chi connectivity index (χ2n) is 4.32. The van der Waals surface area contributed by atoms with E-state index in [2.05, 4.69) is 15.9 Å². The van der Waals surface area contributed by atoms with Gasteiger partial charge in [-0.05, 0) is 46.6 Å². The molecular weight excluding hydrogens is 336 g/mol. The number of halogens is 1. The van der Waals surface area contributed by atoms with Crippen molar-refractivity contribution in [1.82, 2.24) is 0 Å². The Kier molecular flexibility index (Phi) is 5.22. The fourth-order valence-electron chi connectivity index (χ4n) is 1.78. The zero-order valence-corrected chi connectivity index (χ0v) is 13.1. The fraction of sp³-hybridized carbons (Fsp3) is 0.188. The van der Waals surface area contributed by atoms with E-state index >= 15 is 0 Å². The van der Waals surface area contributed by atoms with Gasteiger partial charge in [0.05, 0.1) is 6.61 Å². The number of benzene rings is 2. The molecule has 2 aromatic carbocycles. The molecule has 0 fully saturated rings. The molecule has 0 saturated carbocycles. The number of aromatic carboxylic acids is 1. The van der Waals surface area contributed by atoms with E-state index in [9.17, 15) is 9.90 Å². The summed E-state index contributed by atoms with van der Waals surface area (Å²) in [5.74, 6) is 0.302. The molecule has 2 rings (SSSR count). The minimum absolute atomic E-state index is 0.0859. The minimum atomic E-state index is -1.05. The molecule has 110 valence electrons. The van der Waals surface area contributed by atoms with Crippen molar-refractivity contribution in [3.05, 3.63) is 52.5 Å². The van der Waals surface area contributed by atoms with E-state index in [0.717, 1.165) is 6.42 Å². The third-order valence-corrected chi connectivity index (χ3v) is 3.38. The Labute approximate surface area is 131 Å². The maximum absolute atomic E-state index is 11.3. The first-order valence-electron chi connectivity index (χ1n) is 6.55. The zero-order chi connectivity index (χ0) is 15.2. The molecule has 21 heavy (non-hydrogen) atoms. The van der Waals surface area contributed by atoms with Crippen LogP contribution < -0.4 is 9.47 Å². The summed E-state index contributed by atoms with van der Waals surface area (Å²) in [6.45, 7) is 2.59. The smallest absolute Gasteiger partial charge is 0.340 e. The topological polar surface area (TPSA) is 55.8 Å². The van der Waals surface area contributed by atoms with Crippen molar-refractivity contribution < 1.29 is 19.4 Å². The maximum atomic E-state index is 11.3. The lowest BCUT2D eigenvalue weighted by molar-refractivity contribution is 0.0693. The Hall–Kier alpha value is -2.01. The number of carboxylic acids is 1. The van der Waals surface area contributed by atoms with Gasteiger partial charge in [0.25, 0.3) is 0 Å². The standard InChI is InChI=1S/C16H15BrO4/c1-2-10-20-12-7-3-4-8-13(12)21-14-9-5-6-11(17)15(14)16(18)19/h3-9H,2,10H2,1H3,(H,18,19). The Morgan fingerprint density at radius 1 is 1.10 bits per heavy atom. The van der Waals surface area contributed by atoms with E-state index in [1.165, 1.54) is 0 Å². The minimum Gasteiger partial charge on any atom is -0.490 e. The number of para-hydroxylation sites is 2. The van der Waals surface area contributed by atoms with Crippen LogP contribution in [0.5, 0.6) is 17.2 Å². The highest BCUT2D eigenvalue weighted by Crippen LogP contribution is 2.35. The van der Waals surface area contributed by atoms with Crippen molar-refractivity contribution in [2.45, 2.75) is 13.3 Å². The molecule has 0 bridgehead atoms. The van der Waals surface area contributed by atoms with Crippen LogP contribution in [0.1, 0.15) is 23.7 Å². The van der Waals surface area contributed by atoms with E-state index in [-0.39, 0.29) is 11.3 Å². The SMILES string of the molecule is CCCOc1ccccc1Oc1cccc(Br)c1C(=O)O. The molecular formula is C16H15BrO4. The van der Waals surface area contributed by atoms with Gasteiger partial charge in [-0.25, -0.2) is 4.79 Å². The van der Waals surface area contributed by atoms with Crippen LogP contribution in [0.2, 0.25) is 0 Å². The molecule has 2 aromatic rings. The van der Waals surface area contributed by atoms with Gasteiger partial charge in [0.15, 0.2) is 11.5 Å². The van der Waals surface area contributed by atoms with Crippen molar-refractivity contribution in [2.75, 3.05) is 6.61 Å². The highest BCUT2D eigenvalue weighted by molar-refractivity contribution is 9.10. The third-order valence-electron chi connectivity index (χ3n) is 2.72. The van der Waals surface area contributed by atoms with Crippen LogP contribution in [-0.4, -0.2) is 17.7 Å². The second kappa shape index (κ2) is 7.13. The second-order valence-corrected chi connectivity index (χ2v) is 5.17. The Morgan fingerprint density at radius 3 is 2.43 bits per heavy atom. The van der Waals surface area contributed by atoms with Gasteiger partial charge in [-0.3, -0.25) is 0 Å². The molecule has 4 nitrogen and oxygen atoms in total. The normalized spacial score (nSPS) is 10.2. The van der Waals surface area contributed by atoms with Crippen LogP contribution in [0, 0.1) is 0 Å². The van der Waals surface area contributed by atoms with Gasteiger partial charge in [-0.15, -0.1) is 0 Å². The summed E-state index contributed by atoms with van der Waals surface area (Å²) < 4.78 is 11.8. The summed E-state index contributed by atoms with van der Waals surface area (Å²) >= 11 is 3.23. The molecule has 0 unspecified atom stereocenters. The largest absolute Gasteiger partial charge is 0.490 e. The van der Waals surface area contributed by atoms with E-state index < -0.39 is 5.97 Å². The first-order chi connectivity index (χ1) is 10.1. The van der Waals surface area contributed by atoms with E-state index in [1.807, 2.05) is 19.1 Å². The summed E-state index contributed by atoms with van der Waals surface area (Å²) in [6, 6.07) is 12.2. The Bertz CT molecular complexity index is 640. The number of rotatable bonds is 6. The van der Waals surface area contributed by atoms with E-state index in [4.69, 9.17) is 9.47 Å². The van der Waals surface area contributed by atoms with Crippen molar-refractivity contribution in [3.63, 3.8) is 0 Å². The van der Waals surface area contributed by atoms with Crippen LogP contribution in [0.4, 0.5) is 0 Å². The Balaban J connectivity index is 2.35. The number of carboxylic acid groups (broad SMARTS) is 1. The summed E-state index contributed by atoms with van der Waals surface area (Å²) in [7, 11) is 0. The number of ether oxygens (including phenoxy) is 2. The van der Waals surface area contributed by atoms with Gasteiger partial charge in [-0.1, -0.05) is 25.1 Å². The van der Waals surface area contributed by atoms with Crippen molar-refractivity contribution in [1.29, 1.82) is 0 Å². The first kappa shape index (κ1) is 15.4. The van der Waals surface area contributed by atoms with Crippen LogP contribution in [0.15, 0.2) is 46.9 Å². The van der Waals surface area contributed by atoms with Gasteiger partial charge in [0, 0.05) is 4.47 Å². The van der Waals surface area contributed by atoms with Gasteiger partial charge in [0.2, 0.25) is 0 Å². The van der Waals surface area contributed by atoms with Gasteiger partial charge < -0.3 is 14.6 Å². The van der Waals surface area contributed by atoms with Crippen molar-refractivity contribution >= 4 is 21.9 Å². The summed E-state index contributed by atoms with van der Waals surface area (Å²) in [6.07, 6.45) is 0.881. The molecule has 0 heterocycles. The van der Waals surface area contributed by atoms with Gasteiger partial charge in [-0.2, -0.15) is 0 Å². The molecule has 0 radical (unpaired) electrons. The molecule has 0 amide bonds. The summed E-state index contributed by atoms with van der Waals surface area (Å²) in [5.41, 5.74) is 0.0859. The number of carbonyl (C=O) groups is 1. The van der Waals surface area contributed by atoms with Crippen LogP contribution in [0.25, 0.3) is 0 Å². The lowest BCUT2D eigenvalue weighted by Crippen LogP contribution is -2.02. The predicted octanol–water partition coefficient (Wildman–Crippen LogP) is 4.73. The molecule has 0 aromatic heterocycles. The maximum Gasteiger partial charge on any atom is 0.340 e. The van der Waals surface area contributed by atoms with E-state index in [0.29, 0.717) is 22.6 Å². The summed E-state index contributed by atoms with van der Waals surface area (Å²) in [5, 5.41) is 9.29. The van der Waals surface area contributed by atoms with E-state index in [1.54, 1.807) is 30.3 Å². The van der Waals surface area contributed by atoms with Crippen molar-refractivity contribution in [3.8, 4) is 17.2 Å². The van der Waals surface area contributed by atoms with Crippen LogP contribution in [0.3, 0.4) is 0 Å². The molecule has 0 aliphatic carbocycles. The average molecular weight is 351 g/mol. The molecule has 0 saturated heterocycles. The molecule has 0 aliphatic heterocycles. The number of hydrogen-bond donors (Lipinski definition) is 1. The molecule has 0 aliphatic rings. The lowest BCUT2D eigenvalue weighted by atomic mass is 10.2. The summed E-state index contributed by atoms with van der Waals surface area (Å²) in [4.78, 5) is 11.3. The highest BCUT2D eigenvalue weighted by atomic mass is 79.9. The monoisotopic (exact) mass is 350 g/mol. The van der Waals surface area contributed by atoms with Crippen molar-refractivity contribution in [2.24, 2.45) is 0 Å². The van der Waals surface area contributed by atoms with Gasteiger partial charge >= 0.3 is 5.97 Å². The third kappa shape index (κ3) is 3.76. The molecule has 5 heteroatoms. The quantitative estimate of drug-likeness (QED) is 0.818. The molecule has 0 spiro atoms. The van der Waals surface area contributed by atoms with Gasteiger partial charge in [0.1, 0.15) is 11.3 Å². The highest BCUT2D eigenvalue weighted by Gasteiger charge is 2.17. The molecule has 0 atom stereocenters. The van der Waals surface area contributed by atoms with Crippen LogP contribution >= 0.6 is 15.9 Å². The zero-order valence-electron chi connectivity index (χ0n) is 11.5. The fourth-order valence-corrected chi connectivity index (χ4v) is 2.30. The Morgan fingerprint density at radius 2 is 1.76 bits per heavy atom. The predicted molar refractivity (Wildman–Crippen MR) is 83.4 cm³/mol. The number of hydrogen-bond acceptors (Lipinski definition) is 3. The first-order valence-corrected chi connectivity index (χ1v) is 7.34. The van der Waals surface area contributed by atoms with Crippen LogP contribution in [-0.2, 0) is 0 Å². The average Bonchev–Trinajstić information content (AvgIpc) is 2.46. The lowest BCUT2D eigenvalue weighted by Gasteiger charge is -2.13. The molecule has 1 N–H and O–H groups in total.